The van der Waals surface area contributed by atoms with Crippen molar-refractivity contribution >= 4 is 26.1 Å². The fourth-order valence-corrected chi connectivity index (χ4v) is 6.90. The molecule has 0 saturated heterocycles. The van der Waals surface area contributed by atoms with Gasteiger partial charge in [-0.1, -0.05) is 25.1 Å². The Morgan fingerprint density at radius 2 is 1.91 bits per heavy atom. The second-order valence-electron chi connectivity index (χ2n) is 8.69. The third-order valence-electron chi connectivity index (χ3n) is 6.01. The topological polar surface area (TPSA) is 104 Å². The van der Waals surface area contributed by atoms with Crippen LogP contribution in [0.15, 0.2) is 58.3 Å². The van der Waals surface area contributed by atoms with Crippen molar-refractivity contribution in [2.75, 3.05) is 26.7 Å². The summed E-state index contributed by atoms with van der Waals surface area (Å²) in [7, 11) is -6.54. The molecule has 0 radical (unpaired) electrons. The Balaban J connectivity index is 2.04. The molecule has 1 heterocycles. The van der Waals surface area contributed by atoms with Gasteiger partial charge in [-0.05, 0) is 55.8 Å². The number of sulfonamides is 2. The van der Waals surface area contributed by atoms with Crippen LogP contribution in [0, 0.1) is 11.7 Å². The standard InChI is InChI=1S/C24H31FN2O6S2/c1-5-6-19-7-12-24-22(13-19)33-23(17(2)14-27(18(3)16-28)35(24,31)32)15-26(4)34(29,30)21-10-8-20(25)9-11-21/h5-13,17-18,23,28H,14-16H2,1-4H3/b6-5+/t17-,18+,23-/m0/s1. The monoisotopic (exact) mass is 526 g/mol. The maximum absolute atomic E-state index is 13.5. The van der Waals surface area contributed by atoms with E-state index in [1.807, 2.05) is 13.0 Å². The number of hydrogen-bond acceptors (Lipinski definition) is 6. The molecule has 3 atom stereocenters. The third-order valence-corrected chi connectivity index (χ3v) is 9.87. The van der Waals surface area contributed by atoms with Gasteiger partial charge in [0.05, 0.1) is 18.0 Å². The average molecular weight is 527 g/mol. The van der Waals surface area contributed by atoms with E-state index < -0.39 is 43.9 Å². The van der Waals surface area contributed by atoms with Crippen LogP contribution < -0.4 is 4.74 Å². The number of ether oxygens (including phenoxy) is 1. The highest BCUT2D eigenvalue weighted by Gasteiger charge is 2.39. The Bertz CT molecular complexity index is 1280. The summed E-state index contributed by atoms with van der Waals surface area (Å²) in [4.78, 5) is -0.110. The van der Waals surface area contributed by atoms with Crippen molar-refractivity contribution in [3.8, 4) is 5.75 Å². The first-order valence-electron chi connectivity index (χ1n) is 11.2. The smallest absolute Gasteiger partial charge is 0.247 e. The molecule has 0 spiro atoms. The molecule has 1 N–H and O–H groups in total. The predicted octanol–water partition coefficient (Wildman–Crippen LogP) is 2.95. The predicted molar refractivity (Wildman–Crippen MR) is 131 cm³/mol. The summed E-state index contributed by atoms with van der Waals surface area (Å²) in [5.74, 6) is -0.862. The van der Waals surface area contributed by atoms with E-state index in [1.165, 1.54) is 29.6 Å². The molecule has 0 aromatic heterocycles. The summed E-state index contributed by atoms with van der Waals surface area (Å²) in [5, 5.41) is 9.73. The molecule has 2 aromatic carbocycles. The lowest BCUT2D eigenvalue weighted by molar-refractivity contribution is 0.0904. The molecule has 3 rings (SSSR count). The molecule has 11 heteroatoms. The van der Waals surface area contributed by atoms with Crippen LogP contribution in [0.3, 0.4) is 0 Å². The lowest BCUT2D eigenvalue weighted by Crippen LogP contribution is -2.50. The van der Waals surface area contributed by atoms with E-state index in [1.54, 1.807) is 32.1 Å². The number of fused-ring (bicyclic) bond motifs is 1. The first kappa shape index (κ1) is 27.3. The molecule has 0 saturated carbocycles. The van der Waals surface area contributed by atoms with Gasteiger partial charge in [0.1, 0.15) is 22.6 Å². The summed E-state index contributed by atoms with van der Waals surface area (Å²) in [6.07, 6.45) is 2.90. The lowest BCUT2D eigenvalue weighted by atomic mass is 10.0. The van der Waals surface area contributed by atoms with Crippen molar-refractivity contribution in [1.29, 1.82) is 0 Å². The molecule has 8 nitrogen and oxygen atoms in total. The molecule has 35 heavy (non-hydrogen) atoms. The lowest BCUT2D eigenvalue weighted by Gasteiger charge is -2.37. The van der Waals surface area contributed by atoms with Crippen LogP contribution >= 0.6 is 0 Å². The first-order chi connectivity index (χ1) is 16.4. The number of likely N-dealkylation sites (N-methyl/N-ethyl adjacent to an activating group) is 1. The molecule has 2 aromatic rings. The minimum absolute atomic E-state index is 0.0230. The molecule has 0 amide bonds. The van der Waals surface area contributed by atoms with E-state index in [2.05, 4.69) is 0 Å². The highest BCUT2D eigenvalue weighted by Crippen LogP contribution is 2.34. The van der Waals surface area contributed by atoms with Crippen LogP contribution in [-0.2, 0) is 20.0 Å². The van der Waals surface area contributed by atoms with Crippen LogP contribution in [0.25, 0.3) is 6.08 Å². The second kappa shape index (κ2) is 10.8. The fraction of sp³-hybridized carbons (Fsp3) is 0.417. The number of halogens is 1. The molecule has 1 aliphatic heterocycles. The highest BCUT2D eigenvalue weighted by atomic mass is 32.2. The molecular formula is C24H31FN2O6S2. The molecule has 0 aliphatic carbocycles. The number of allylic oxidation sites excluding steroid dienone is 1. The summed E-state index contributed by atoms with van der Waals surface area (Å²) in [6, 6.07) is 8.58. The number of aliphatic hydroxyl groups excluding tert-OH is 1. The van der Waals surface area contributed by atoms with E-state index in [0.29, 0.717) is 0 Å². The third kappa shape index (κ3) is 5.75. The van der Waals surface area contributed by atoms with E-state index >= 15 is 0 Å². The second-order valence-corrected chi connectivity index (χ2v) is 12.6. The highest BCUT2D eigenvalue weighted by molar-refractivity contribution is 7.89. The summed E-state index contributed by atoms with van der Waals surface area (Å²) in [6.45, 7) is 4.79. The Labute approximate surface area is 206 Å². The Morgan fingerprint density at radius 1 is 1.26 bits per heavy atom. The number of aliphatic hydroxyl groups is 1. The van der Waals surface area contributed by atoms with Gasteiger partial charge in [0, 0.05) is 25.6 Å². The quantitative estimate of drug-likeness (QED) is 0.595. The Kier molecular flexibility index (Phi) is 8.38. The fourth-order valence-electron chi connectivity index (χ4n) is 3.89. The van der Waals surface area contributed by atoms with Crippen LogP contribution in [0.1, 0.15) is 26.3 Å². The molecule has 0 bridgehead atoms. The number of hydrogen-bond donors (Lipinski definition) is 1. The van der Waals surface area contributed by atoms with Gasteiger partial charge in [-0.15, -0.1) is 0 Å². The van der Waals surface area contributed by atoms with E-state index in [4.69, 9.17) is 4.74 Å². The Hall–Kier alpha value is -2.31. The van der Waals surface area contributed by atoms with Crippen molar-refractivity contribution in [3.05, 3.63) is 59.9 Å². The largest absolute Gasteiger partial charge is 0.487 e. The average Bonchev–Trinajstić information content (AvgIpc) is 2.81. The SMILES string of the molecule is C/C=C/c1ccc2c(c1)O[C@@H](CN(C)S(=O)(=O)c1ccc(F)cc1)[C@@H](C)CN([C@H](C)CO)S2(=O)=O. The van der Waals surface area contributed by atoms with Crippen molar-refractivity contribution in [3.63, 3.8) is 0 Å². The van der Waals surface area contributed by atoms with Crippen LogP contribution in [0.2, 0.25) is 0 Å². The molecule has 192 valence electrons. The van der Waals surface area contributed by atoms with Crippen LogP contribution in [-0.4, -0.2) is 69.4 Å². The van der Waals surface area contributed by atoms with Gasteiger partial charge in [-0.3, -0.25) is 0 Å². The minimum atomic E-state index is -3.99. The zero-order chi connectivity index (χ0) is 26.0. The van der Waals surface area contributed by atoms with Crippen molar-refractivity contribution < 1.29 is 31.1 Å². The van der Waals surface area contributed by atoms with E-state index in [-0.39, 0.29) is 35.2 Å². The zero-order valence-electron chi connectivity index (χ0n) is 20.1. The van der Waals surface area contributed by atoms with E-state index in [0.717, 1.165) is 22.0 Å². The first-order valence-corrected chi connectivity index (χ1v) is 14.1. The van der Waals surface area contributed by atoms with Gasteiger partial charge < -0.3 is 9.84 Å². The van der Waals surface area contributed by atoms with Crippen molar-refractivity contribution in [1.82, 2.24) is 8.61 Å². The zero-order valence-corrected chi connectivity index (χ0v) is 21.8. The maximum atomic E-state index is 13.5. The number of benzene rings is 2. The maximum Gasteiger partial charge on any atom is 0.247 e. The number of nitrogens with zero attached hydrogens (tertiary/aromatic N) is 2. The summed E-state index contributed by atoms with van der Waals surface area (Å²) < 4.78 is 74.9. The van der Waals surface area contributed by atoms with Crippen LogP contribution in [0.4, 0.5) is 4.39 Å². The van der Waals surface area contributed by atoms with Gasteiger partial charge in [0.2, 0.25) is 20.0 Å². The molecule has 0 unspecified atom stereocenters. The van der Waals surface area contributed by atoms with Gasteiger partial charge in [-0.2, -0.15) is 8.61 Å². The van der Waals surface area contributed by atoms with Gasteiger partial charge in [0.25, 0.3) is 0 Å². The van der Waals surface area contributed by atoms with Gasteiger partial charge in [-0.25, -0.2) is 21.2 Å². The van der Waals surface area contributed by atoms with Crippen molar-refractivity contribution in [2.45, 2.75) is 42.7 Å². The minimum Gasteiger partial charge on any atom is -0.487 e. The summed E-state index contributed by atoms with van der Waals surface area (Å²) >= 11 is 0. The van der Waals surface area contributed by atoms with Crippen molar-refractivity contribution in [2.24, 2.45) is 5.92 Å². The number of rotatable bonds is 7. The molecule has 0 fully saturated rings. The van der Waals surface area contributed by atoms with Gasteiger partial charge in [0.15, 0.2) is 0 Å². The van der Waals surface area contributed by atoms with Gasteiger partial charge >= 0.3 is 0 Å². The summed E-state index contributed by atoms with van der Waals surface area (Å²) in [5.41, 5.74) is 0.725. The molecule has 1 aliphatic rings. The van der Waals surface area contributed by atoms with Crippen LogP contribution in [0.5, 0.6) is 5.75 Å². The normalized spacial score (nSPS) is 21.8. The van der Waals surface area contributed by atoms with E-state index in [9.17, 15) is 26.3 Å². The Morgan fingerprint density at radius 3 is 2.51 bits per heavy atom. The molecular weight excluding hydrogens is 495 g/mol.